The minimum absolute atomic E-state index is 0.202. The quantitative estimate of drug-likeness (QED) is 0.658. The lowest BCUT2D eigenvalue weighted by Crippen LogP contribution is -2.20. The Balaban J connectivity index is 2.67. The predicted molar refractivity (Wildman–Crippen MR) is 49.5 cm³/mol. The van der Waals surface area contributed by atoms with Gasteiger partial charge in [0.15, 0.2) is 6.29 Å². The highest BCUT2D eigenvalue weighted by Gasteiger charge is 2.08. The van der Waals surface area contributed by atoms with Crippen molar-refractivity contribution in [2.75, 3.05) is 14.2 Å². The fourth-order valence-corrected chi connectivity index (χ4v) is 1.13. The molecular weight excluding hydrogens is 168 g/mol. The molecule has 0 aliphatic carbocycles. The van der Waals surface area contributed by atoms with Crippen molar-refractivity contribution < 1.29 is 9.47 Å². The zero-order valence-corrected chi connectivity index (χ0v) is 8.57. The van der Waals surface area contributed by atoms with E-state index in [0.717, 1.165) is 11.4 Å². The number of ether oxygens (including phenoxy) is 2. The maximum atomic E-state index is 5.10. The number of aromatic nitrogens is 2. The largest absolute Gasteiger partial charge is 0.354 e. The van der Waals surface area contributed by atoms with Crippen LogP contribution in [0.3, 0.4) is 0 Å². The smallest absolute Gasteiger partial charge is 0.174 e. The highest BCUT2D eigenvalue weighted by Crippen LogP contribution is 2.06. The molecule has 13 heavy (non-hydrogen) atoms. The molecule has 0 spiro atoms. The van der Waals surface area contributed by atoms with Crippen LogP contribution < -0.4 is 0 Å². The zero-order chi connectivity index (χ0) is 9.84. The van der Waals surface area contributed by atoms with Gasteiger partial charge in [0.1, 0.15) is 0 Å². The van der Waals surface area contributed by atoms with Gasteiger partial charge in [0.05, 0.1) is 18.6 Å². The first kappa shape index (κ1) is 10.2. The molecule has 1 heterocycles. The van der Waals surface area contributed by atoms with Crippen LogP contribution in [0.15, 0.2) is 6.33 Å². The topological polar surface area (TPSA) is 36.3 Å². The summed E-state index contributed by atoms with van der Waals surface area (Å²) in [5.41, 5.74) is 2.20. The lowest BCUT2D eigenvalue weighted by molar-refractivity contribution is -0.111. The van der Waals surface area contributed by atoms with E-state index in [4.69, 9.17) is 9.47 Å². The second kappa shape index (κ2) is 4.39. The van der Waals surface area contributed by atoms with Crippen molar-refractivity contribution in [2.45, 2.75) is 26.7 Å². The molecule has 1 rings (SSSR count). The molecule has 4 nitrogen and oxygen atoms in total. The van der Waals surface area contributed by atoms with Gasteiger partial charge in [-0.05, 0) is 13.8 Å². The van der Waals surface area contributed by atoms with Crippen molar-refractivity contribution in [2.24, 2.45) is 0 Å². The molecule has 74 valence electrons. The molecule has 0 atom stereocenters. The SMILES string of the molecule is COC(Cn1cnc(C)c1C)OC. The third kappa shape index (κ3) is 2.29. The maximum absolute atomic E-state index is 5.10. The summed E-state index contributed by atoms with van der Waals surface area (Å²) in [5.74, 6) is 0. The lowest BCUT2D eigenvalue weighted by Gasteiger charge is -2.14. The Labute approximate surface area is 78.5 Å². The third-order valence-electron chi connectivity index (χ3n) is 2.22. The van der Waals surface area contributed by atoms with Crippen LogP contribution in [0.1, 0.15) is 11.4 Å². The van der Waals surface area contributed by atoms with Crippen LogP contribution in [0.5, 0.6) is 0 Å². The number of rotatable bonds is 4. The summed E-state index contributed by atoms with van der Waals surface area (Å²) in [6, 6.07) is 0. The van der Waals surface area contributed by atoms with Crippen LogP contribution in [0.4, 0.5) is 0 Å². The summed E-state index contributed by atoms with van der Waals surface area (Å²) in [6.45, 7) is 4.70. The molecule has 0 saturated carbocycles. The van der Waals surface area contributed by atoms with Gasteiger partial charge in [0, 0.05) is 19.9 Å². The van der Waals surface area contributed by atoms with Gasteiger partial charge in [0.2, 0.25) is 0 Å². The van der Waals surface area contributed by atoms with Crippen LogP contribution in [0.25, 0.3) is 0 Å². The Kier molecular flexibility index (Phi) is 3.45. The van der Waals surface area contributed by atoms with E-state index < -0.39 is 0 Å². The summed E-state index contributed by atoms with van der Waals surface area (Å²) in [5, 5.41) is 0. The highest BCUT2D eigenvalue weighted by atomic mass is 16.7. The Morgan fingerprint density at radius 3 is 2.38 bits per heavy atom. The third-order valence-corrected chi connectivity index (χ3v) is 2.22. The minimum atomic E-state index is -0.202. The van der Waals surface area contributed by atoms with Gasteiger partial charge in [0.25, 0.3) is 0 Å². The molecule has 0 fully saturated rings. The first-order valence-electron chi connectivity index (χ1n) is 4.23. The van der Waals surface area contributed by atoms with Crippen molar-refractivity contribution in [3.8, 4) is 0 Å². The summed E-state index contributed by atoms with van der Waals surface area (Å²) >= 11 is 0. The van der Waals surface area contributed by atoms with Gasteiger partial charge in [-0.3, -0.25) is 0 Å². The summed E-state index contributed by atoms with van der Waals surface area (Å²) in [7, 11) is 3.26. The van der Waals surface area contributed by atoms with Crippen molar-refractivity contribution in [1.29, 1.82) is 0 Å². The lowest BCUT2D eigenvalue weighted by atomic mass is 10.4. The van der Waals surface area contributed by atoms with E-state index in [1.165, 1.54) is 0 Å². The van der Waals surface area contributed by atoms with Crippen LogP contribution in [0, 0.1) is 13.8 Å². The number of imidazole rings is 1. The molecule has 1 aromatic heterocycles. The average molecular weight is 184 g/mol. The van der Waals surface area contributed by atoms with Crippen molar-refractivity contribution in [3.63, 3.8) is 0 Å². The van der Waals surface area contributed by atoms with Crippen molar-refractivity contribution in [3.05, 3.63) is 17.7 Å². The average Bonchev–Trinajstić information content (AvgIpc) is 2.45. The summed E-state index contributed by atoms with van der Waals surface area (Å²) < 4.78 is 12.2. The van der Waals surface area contributed by atoms with Gasteiger partial charge in [-0.1, -0.05) is 0 Å². The van der Waals surface area contributed by atoms with Gasteiger partial charge < -0.3 is 14.0 Å². The number of nitrogens with zero attached hydrogens (tertiary/aromatic N) is 2. The predicted octanol–water partition coefficient (Wildman–Crippen LogP) is 1.12. The number of hydrogen-bond donors (Lipinski definition) is 0. The second-order valence-corrected chi connectivity index (χ2v) is 2.97. The first-order valence-corrected chi connectivity index (χ1v) is 4.23. The maximum Gasteiger partial charge on any atom is 0.174 e. The van der Waals surface area contributed by atoms with Gasteiger partial charge >= 0.3 is 0 Å². The Morgan fingerprint density at radius 1 is 1.38 bits per heavy atom. The Morgan fingerprint density at radius 2 is 2.00 bits per heavy atom. The number of hydrogen-bond acceptors (Lipinski definition) is 3. The van der Waals surface area contributed by atoms with Gasteiger partial charge in [-0.25, -0.2) is 4.98 Å². The van der Waals surface area contributed by atoms with Crippen molar-refractivity contribution in [1.82, 2.24) is 9.55 Å². The fraction of sp³-hybridized carbons (Fsp3) is 0.667. The van der Waals surface area contributed by atoms with E-state index in [2.05, 4.69) is 4.98 Å². The zero-order valence-electron chi connectivity index (χ0n) is 8.57. The van der Waals surface area contributed by atoms with E-state index in [0.29, 0.717) is 6.54 Å². The fourth-order valence-electron chi connectivity index (χ4n) is 1.13. The molecule has 0 aromatic carbocycles. The van der Waals surface area contributed by atoms with Crippen LogP contribution in [-0.2, 0) is 16.0 Å². The number of aryl methyl sites for hydroxylation is 1. The minimum Gasteiger partial charge on any atom is -0.354 e. The van der Waals surface area contributed by atoms with E-state index >= 15 is 0 Å². The van der Waals surface area contributed by atoms with Gasteiger partial charge in [-0.15, -0.1) is 0 Å². The molecule has 0 bridgehead atoms. The number of methoxy groups -OCH3 is 2. The van der Waals surface area contributed by atoms with Crippen LogP contribution >= 0.6 is 0 Å². The summed E-state index contributed by atoms with van der Waals surface area (Å²) in [4.78, 5) is 4.19. The van der Waals surface area contributed by atoms with Crippen LogP contribution in [-0.4, -0.2) is 30.1 Å². The molecule has 4 heteroatoms. The molecule has 0 saturated heterocycles. The monoisotopic (exact) mass is 184 g/mol. The van der Waals surface area contributed by atoms with E-state index in [-0.39, 0.29) is 6.29 Å². The molecule has 0 N–H and O–H groups in total. The Bertz CT molecular complexity index is 267. The van der Waals surface area contributed by atoms with Crippen molar-refractivity contribution >= 4 is 0 Å². The van der Waals surface area contributed by atoms with E-state index in [1.54, 1.807) is 20.5 Å². The standard InChI is InChI=1S/C9H16N2O2/c1-7-8(2)11(6-10-7)5-9(12-3)13-4/h6,9H,5H2,1-4H3. The molecule has 0 amide bonds. The van der Waals surface area contributed by atoms with E-state index in [9.17, 15) is 0 Å². The molecule has 0 aliphatic heterocycles. The first-order chi connectivity index (χ1) is 6.19. The summed E-state index contributed by atoms with van der Waals surface area (Å²) in [6.07, 6.45) is 1.60. The van der Waals surface area contributed by atoms with E-state index in [1.807, 2.05) is 18.4 Å². The Hall–Kier alpha value is -0.870. The highest BCUT2D eigenvalue weighted by molar-refractivity contribution is 5.08. The molecular formula is C9H16N2O2. The van der Waals surface area contributed by atoms with Crippen LogP contribution in [0.2, 0.25) is 0 Å². The molecule has 1 aromatic rings. The second-order valence-electron chi connectivity index (χ2n) is 2.97. The normalized spacial score (nSPS) is 11.2. The van der Waals surface area contributed by atoms with Gasteiger partial charge in [-0.2, -0.15) is 0 Å². The molecule has 0 radical (unpaired) electrons. The molecule has 0 aliphatic rings. The molecule has 0 unspecified atom stereocenters.